The summed E-state index contributed by atoms with van der Waals surface area (Å²) in [6.07, 6.45) is 12.9. The third kappa shape index (κ3) is 2.56. The summed E-state index contributed by atoms with van der Waals surface area (Å²) in [5, 5.41) is 7.52. The van der Waals surface area contributed by atoms with E-state index in [1.54, 1.807) is 6.33 Å². The second kappa shape index (κ2) is 5.30. The molecule has 5 aliphatic carbocycles. The van der Waals surface area contributed by atoms with E-state index >= 15 is 0 Å². The Bertz CT molecular complexity index is 612. The van der Waals surface area contributed by atoms with Crippen LogP contribution >= 0.6 is 0 Å². The maximum Gasteiger partial charge on any atom is 0.221 e. The monoisotopic (exact) mass is 328 g/mol. The second-order valence-electron chi connectivity index (χ2n) is 9.22. The number of carbonyl (C=O) groups excluding carboxylic acids is 1. The Morgan fingerprint density at radius 2 is 1.88 bits per heavy atom. The minimum Gasteiger partial charge on any atom is -0.346 e. The summed E-state index contributed by atoms with van der Waals surface area (Å²) in [6.45, 7) is 0. The first kappa shape index (κ1) is 14.9. The molecule has 130 valence electrons. The maximum atomic E-state index is 12.9. The van der Waals surface area contributed by atoms with Gasteiger partial charge in [0, 0.05) is 13.5 Å². The fourth-order valence-electron chi connectivity index (χ4n) is 6.48. The maximum absolute atomic E-state index is 12.9. The van der Waals surface area contributed by atoms with Gasteiger partial charge in [-0.1, -0.05) is 0 Å². The zero-order chi connectivity index (χ0) is 16.3. The molecule has 24 heavy (non-hydrogen) atoms. The first-order chi connectivity index (χ1) is 11.6. The van der Waals surface area contributed by atoms with E-state index in [-0.39, 0.29) is 11.9 Å². The van der Waals surface area contributed by atoms with Gasteiger partial charge in [0.15, 0.2) is 0 Å². The highest BCUT2D eigenvalue weighted by Gasteiger charge is 2.51. The van der Waals surface area contributed by atoms with E-state index in [4.69, 9.17) is 0 Å². The number of rotatable bonds is 5. The molecule has 1 atom stereocenters. The first-order valence-corrected chi connectivity index (χ1v) is 9.73. The predicted molar refractivity (Wildman–Crippen MR) is 89.8 cm³/mol. The number of hydrogen-bond acceptors (Lipinski definition) is 3. The van der Waals surface area contributed by atoms with Gasteiger partial charge in [-0.05, 0) is 80.5 Å². The van der Waals surface area contributed by atoms with Crippen LogP contribution in [0.3, 0.4) is 0 Å². The largest absolute Gasteiger partial charge is 0.346 e. The third-order valence-electron chi connectivity index (χ3n) is 7.14. The van der Waals surface area contributed by atoms with Crippen molar-refractivity contribution in [3.63, 3.8) is 0 Å². The summed E-state index contributed by atoms with van der Waals surface area (Å²) in [4.78, 5) is 17.3. The van der Waals surface area contributed by atoms with Crippen molar-refractivity contribution in [3.05, 3.63) is 12.2 Å². The fraction of sp³-hybridized carbons (Fsp3) is 0.842. The number of hydrogen-bond donors (Lipinski definition) is 1. The fourth-order valence-corrected chi connectivity index (χ4v) is 6.48. The van der Waals surface area contributed by atoms with Crippen LogP contribution in [0, 0.1) is 29.1 Å². The topological polar surface area (TPSA) is 59.8 Å². The van der Waals surface area contributed by atoms with E-state index in [0.717, 1.165) is 30.0 Å². The van der Waals surface area contributed by atoms with Crippen LogP contribution in [0.15, 0.2) is 6.33 Å². The molecule has 5 saturated carbocycles. The lowest BCUT2D eigenvalue weighted by molar-refractivity contribution is -0.130. The molecule has 4 bridgehead atoms. The smallest absolute Gasteiger partial charge is 0.221 e. The SMILES string of the molecule is Cn1ncnc1[C@@H](NC(=O)CC12CC3CC(CC(C3)C1)C2)C1CC1. The summed E-state index contributed by atoms with van der Waals surface area (Å²) < 4.78 is 1.81. The molecule has 0 unspecified atom stereocenters. The lowest BCUT2D eigenvalue weighted by Gasteiger charge is -2.56. The van der Waals surface area contributed by atoms with E-state index in [1.165, 1.54) is 51.4 Å². The highest BCUT2D eigenvalue weighted by molar-refractivity contribution is 5.77. The molecule has 0 aliphatic heterocycles. The molecule has 5 heteroatoms. The summed E-state index contributed by atoms with van der Waals surface area (Å²) in [7, 11) is 1.92. The number of aryl methyl sites for hydroxylation is 1. The van der Waals surface area contributed by atoms with Crippen molar-refractivity contribution >= 4 is 5.91 Å². The Labute approximate surface area is 143 Å². The molecule has 5 nitrogen and oxygen atoms in total. The Kier molecular flexibility index (Phi) is 3.29. The summed E-state index contributed by atoms with van der Waals surface area (Å²) >= 11 is 0. The minimum atomic E-state index is 0.0545. The molecule has 0 saturated heterocycles. The normalized spacial score (nSPS) is 38.3. The van der Waals surface area contributed by atoms with Gasteiger partial charge in [-0.25, -0.2) is 4.98 Å². The van der Waals surface area contributed by atoms with Crippen molar-refractivity contribution in [1.82, 2.24) is 20.1 Å². The van der Waals surface area contributed by atoms with Crippen molar-refractivity contribution < 1.29 is 4.79 Å². The van der Waals surface area contributed by atoms with Crippen molar-refractivity contribution in [2.45, 2.75) is 63.8 Å². The Balaban J connectivity index is 1.29. The molecule has 1 aromatic rings. The predicted octanol–water partition coefficient (Wildman–Crippen LogP) is 2.99. The van der Waals surface area contributed by atoms with Crippen molar-refractivity contribution in [2.24, 2.45) is 36.1 Å². The van der Waals surface area contributed by atoms with Crippen LogP contribution in [0.5, 0.6) is 0 Å². The van der Waals surface area contributed by atoms with Gasteiger partial charge in [-0.3, -0.25) is 9.48 Å². The van der Waals surface area contributed by atoms with E-state index in [1.807, 2.05) is 11.7 Å². The average molecular weight is 328 g/mol. The van der Waals surface area contributed by atoms with E-state index < -0.39 is 0 Å². The average Bonchev–Trinajstić information content (AvgIpc) is 3.25. The zero-order valence-corrected chi connectivity index (χ0v) is 14.6. The molecule has 5 fully saturated rings. The van der Waals surface area contributed by atoms with Crippen LogP contribution in [0.25, 0.3) is 0 Å². The van der Waals surface area contributed by atoms with Gasteiger partial charge < -0.3 is 5.32 Å². The van der Waals surface area contributed by atoms with E-state index in [0.29, 0.717) is 11.3 Å². The quantitative estimate of drug-likeness (QED) is 0.904. The number of carbonyl (C=O) groups is 1. The lowest BCUT2D eigenvalue weighted by atomic mass is 9.49. The highest BCUT2D eigenvalue weighted by Crippen LogP contribution is 2.61. The lowest BCUT2D eigenvalue weighted by Crippen LogP contribution is -2.48. The molecular formula is C19H28N4O. The van der Waals surface area contributed by atoms with Crippen LogP contribution < -0.4 is 5.32 Å². The number of nitrogens with zero attached hydrogens (tertiary/aromatic N) is 3. The molecule has 0 radical (unpaired) electrons. The van der Waals surface area contributed by atoms with Crippen LogP contribution in [0.4, 0.5) is 0 Å². The molecule has 6 rings (SSSR count). The summed E-state index contributed by atoms with van der Waals surface area (Å²) in [5.74, 6) is 4.42. The number of nitrogens with one attached hydrogen (secondary N) is 1. The molecule has 1 amide bonds. The highest BCUT2D eigenvalue weighted by atomic mass is 16.1. The van der Waals surface area contributed by atoms with Crippen LogP contribution in [-0.2, 0) is 11.8 Å². The van der Waals surface area contributed by atoms with Gasteiger partial charge in [0.2, 0.25) is 5.91 Å². The molecule has 5 aliphatic rings. The summed E-state index contributed by atoms with van der Waals surface area (Å²) in [6, 6.07) is 0.0545. The van der Waals surface area contributed by atoms with Crippen LogP contribution in [-0.4, -0.2) is 20.7 Å². The van der Waals surface area contributed by atoms with Gasteiger partial charge in [0.05, 0.1) is 6.04 Å². The zero-order valence-electron chi connectivity index (χ0n) is 14.6. The van der Waals surface area contributed by atoms with E-state index in [2.05, 4.69) is 15.4 Å². The number of aromatic nitrogens is 3. The second-order valence-corrected chi connectivity index (χ2v) is 9.22. The van der Waals surface area contributed by atoms with Gasteiger partial charge in [-0.15, -0.1) is 0 Å². The first-order valence-electron chi connectivity index (χ1n) is 9.73. The third-order valence-corrected chi connectivity index (χ3v) is 7.14. The molecule has 0 aromatic carbocycles. The standard InChI is InChI=1S/C19H28N4O/c1-23-18(20-11-21-23)17(15-2-3-15)22-16(24)10-19-7-12-4-13(8-19)6-14(5-12)9-19/h11-15,17H,2-10H2,1H3,(H,22,24)/t12?,13?,14?,17-,19?/m0/s1. The molecular weight excluding hydrogens is 300 g/mol. The van der Waals surface area contributed by atoms with Crippen molar-refractivity contribution in [2.75, 3.05) is 0 Å². The Hall–Kier alpha value is -1.39. The van der Waals surface area contributed by atoms with Crippen molar-refractivity contribution in [1.29, 1.82) is 0 Å². The van der Waals surface area contributed by atoms with Gasteiger partial charge >= 0.3 is 0 Å². The van der Waals surface area contributed by atoms with Gasteiger partial charge in [-0.2, -0.15) is 5.10 Å². The van der Waals surface area contributed by atoms with Gasteiger partial charge in [0.1, 0.15) is 12.2 Å². The summed E-state index contributed by atoms with van der Waals surface area (Å²) in [5.41, 5.74) is 0.312. The molecule has 1 aromatic heterocycles. The van der Waals surface area contributed by atoms with Crippen molar-refractivity contribution in [3.8, 4) is 0 Å². The molecule has 0 spiro atoms. The van der Waals surface area contributed by atoms with Crippen LogP contribution in [0.1, 0.15) is 69.7 Å². The number of amides is 1. The van der Waals surface area contributed by atoms with E-state index in [9.17, 15) is 4.79 Å². The Morgan fingerprint density at radius 3 is 2.38 bits per heavy atom. The van der Waals surface area contributed by atoms with Crippen LogP contribution in [0.2, 0.25) is 0 Å². The van der Waals surface area contributed by atoms with Gasteiger partial charge in [0.25, 0.3) is 0 Å². The minimum absolute atomic E-state index is 0.0545. The molecule has 1 heterocycles. The Morgan fingerprint density at radius 1 is 1.25 bits per heavy atom. The molecule has 1 N–H and O–H groups in total.